The molecule has 3 nitrogen and oxygen atoms in total. The van der Waals surface area contributed by atoms with E-state index in [1.165, 1.54) is 11.1 Å². The fourth-order valence-corrected chi connectivity index (χ4v) is 2.02. The maximum atomic E-state index is 5.71. The molecule has 0 saturated heterocycles. The molecule has 0 unspecified atom stereocenters. The number of rotatable bonds is 6. The molecule has 2 aromatic rings. The van der Waals surface area contributed by atoms with Gasteiger partial charge in [0.15, 0.2) is 0 Å². The topological polar surface area (TPSA) is 34.1 Å². The molecule has 0 spiro atoms. The molecule has 2 rings (SSSR count). The van der Waals surface area contributed by atoms with E-state index in [0.717, 1.165) is 12.3 Å². The van der Waals surface area contributed by atoms with Crippen molar-refractivity contribution in [1.82, 2.24) is 10.3 Å². The summed E-state index contributed by atoms with van der Waals surface area (Å²) in [5.41, 5.74) is 2.42. The molecule has 1 aromatic heterocycles. The van der Waals surface area contributed by atoms with Gasteiger partial charge in [0.25, 0.3) is 0 Å². The van der Waals surface area contributed by atoms with E-state index in [0.29, 0.717) is 0 Å². The van der Waals surface area contributed by atoms with Gasteiger partial charge in [-0.05, 0) is 50.1 Å². The molecule has 0 amide bonds. The van der Waals surface area contributed by atoms with E-state index >= 15 is 0 Å². The molecular formula is C17H22N2O. The van der Waals surface area contributed by atoms with E-state index in [1.807, 2.05) is 38.2 Å². The summed E-state index contributed by atoms with van der Waals surface area (Å²) in [5.74, 6) is 0.924. The van der Waals surface area contributed by atoms with Crippen molar-refractivity contribution in [3.05, 3.63) is 59.9 Å². The van der Waals surface area contributed by atoms with E-state index in [2.05, 4.69) is 35.4 Å². The number of aromatic nitrogens is 1. The number of nitrogens with zero attached hydrogens (tertiary/aromatic N) is 1. The van der Waals surface area contributed by atoms with Gasteiger partial charge in [-0.1, -0.05) is 18.2 Å². The fourth-order valence-electron chi connectivity index (χ4n) is 2.02. The van der Waals surface area contributed by atoms with Gasteiger partial charge in [0, 0.05) is 25.0 Å². The van der Waals surface area contributed by atoms with Crippen molar-refractivity contribution in [3.63, 3.8) is 0 Å². The van der Waals surface area contributed by atoms with Crippen molar-refractivity contribution in [3.8, 4) is 5.75 Å². The normalized spacial score (nSPS) is 12.4. The highest BCUT2D eigenvalue weighted by molar-refractivity contribution is 5.28. The van der Waals surface area contributed by atoms with Crippen molar-refractivity contribution in [2.75, 3.05) is 0 Å². The maximum absolute atomic E-state index is 5.71. The lowest BCUT2D eigenvalue weighted by atomic mass is 10.1. The van der Waals surface area contributed by atoms with Gasteiger partial charge >= 0.3 is 0 Å². The predicted octanol–water partition coefficient (Wildman–Crippen LogP) is 3.72. The first-order valence-electron chi connectivity index (χ1n) is 7.04. The molecule has 0 aliphatic carbocycles. The summed E-state index contributed by atoms with van der Waals surface area (Å²) < 4.78 is 5.71. The van der Waals surface area contributed by atoms with E-state index in [1.54, 1.807) is 6.20 Å². The van der Waals surface area contributed by atoms with Crippen LogP contribution >= 0.6 is 0 Å². The number of nitrogens with one attached hydrogen (secondary N) is 1. The minimum Gasteiger partial charge on any atom is -0.491 e. The van der Waals surface area contributed by atoms with Crippen LogP contribution in [0.2, 0.25) is 0 Å². The molecule has 0 fully saturated rings. The van der Waals surface area contributed by atoms with Crippen LogP contribution in [-0.4, -0.2) is 11.1 Å². The van der Waals surface area contributed by atoms with Crippen LogP contribution in [0.5, 0.6) is 5.75 Å². The van der Waals surface area contributed by atoms with Crippen molar-refractivity contribution < 1.29 is 4.74 Å². The molecule has 0 bridgehead atoms. The Balaban J connectivity index is 1.94. The van der Waals surface area contributed by atoms with E-state index in [9.17, 15) is 0 Å². The highest BCUT2D eigenvalue weighted by Crippen LogP contribution is 2.16. The van der Waals surface area contributed by atoms with Gasteiger partial charge in [-0.15, -0.1) is 0 Å². The summed E-state index contributed by atoms with van der Waals surface area (Å²) in [7, 11) is 0. The van der Waals surface area contributed by atoms with Crippen molar-refractivity contribution in [2.45, 2.75) is 39.5 Å². The first-order chi connectivity index (χ1) is 9.65. The highest BCUT2D eigenvalue weighted by atomic mass is 16.5. The second-order valence-electron chi connectivity index (χ2n) is 5.20. The summed E-state index contributed by atoms with van der Waals surface area (Å²) in [5, 5.41) is 3.50. The number of pyridine rings is 1. The lowest BCUT2D eigenvalue weighted by Crippen LogP contribution is -2.18. The molecular weight excluding hydrogens is 248 g/mol. The third-order valence-corrected chi connectivity index (χ3v) is 3.07. The highest BCUT2D eigenvalue weighted by Gasteiger charge is 2.05. The Morgan fingerprint density at radius 3 is 2.70 bits per heavy atom. The molecule has 0 radical (unpaired) electrons. The van der Waals surface area contributed by atoms with Crippen LogP contribution in [0.4, 0.5) is 0 Å². The van der Waals surface area contributed by atoms with Gasteiger partial charge < -0.3 is 10.1 Å². The summed E-state index contributed by atoms with van der Waals surface area (Å²) in [6.07, 6.45) is 3.89. The van der Waals surface area contributed by atoms with Gasteiger partial charge in [-0.2, -0.15) is 0 Å². The molecule has 0 aliphatic rings. The second kappa shape index (κ2) is 7.06. The molecule has 1 atom stereocenters. The Morgan fingerprint density at radius 2 is 2.00 bits per heavy atom. The standard InChI is InChI=1S/C17H22N2O/c1-13(2)20-17-8-4-6-15(10-17)11-19-14(3)16-7-5-9-18-12-16/h4-10,12-14,19H,11H2,1-3H3/t14-/m1/s1. The maximum Gasteiger partial charge on any atom is 0.120 e. The average molecular weight is 270 g/mol. The second-order valence-corrected chi connectivity index (χ2v) is 5.20. The monoisotopic (exact) mass is 270 g/mol. The summed E-state index contributed by atoms with van der Waals surface area (Å²) in [6.45, 7) is 7.03. The first kappa shape index (κ1) is 14.5. The third kappa shape index (κ3) is 4.35. The van der Waals surface area contributed by atoms with Gasteiger partial charge in [-0.3, -0.25) is 4.98 Å². The van der Waals surface area contributed by atoms with Crippen LogP contribution in [0.25, 0.3) is 0 Å². The van der Waals surface area contributed by atoms with E-state index < -0.39 is 0 Å². The molecule has 1 aromatic carbocycles. The largest absolute Gasteiger partial charge is 0.491 e. The third-order valence-electron chi connectivity index (χ3n) is 3.07. The zero-order valence-corrected chi connectivity index (χ0v) is 12.3. The van der Waals surface area contributed by atoms with Crippen molar-refractivity contribution in [2.24, 2.45) is 0 Å². The molecule has 0 aliphatic heterocycles. The molecule has 20 heavy (non-hydrogen) atoms. The fraction of sp³-hybridized carbons (Fsp3) is 0.353. The molecule has 3 heteroatoms. The van der Waals surface area contributed by atoms with E-state index in [4.69, 9.17) is 4.74 Å². The number of hydrogen-bond acceptors (Lipinski definition) is 3. The number of hydrogen-bond donors (Lipinski definition) is 1. The first-order valence-corrected chi connectivity index (χ1v) is 7.04. The summed E-state index contributed by atoms with van der Waals surface area (Å²) in [4.78, 5) is 4.15. The van der Waals surface area contributed by atoms with Gasteiger partial charge in [0.2, 0.25) is 0 Å². The Morgan fingerprint density at radius 1 is 1.15 bits per heavy atom. The Bertz CT molecular complexity index is 526. The lowest BCUT2D eigenvalue weighted by molar-refractivity contribution is 0.242. The molecule has 106 valence electrons. The van der Waals surface area contributed by atoms with Gasteiger partial charge in [-0.25, -0.2) is 0 Å². The average Bonchev–Trinajstić information content (AvgIpc) is 2.45. The molecule has 0 saturated carbocycles. The van der Waals surface area contributed by atoms with Crippen LogP contribution in [0.1, 0.15) is 37.9 Å². The van der Waals surface area contributed by atoms with E-state index in [-0.39, 0.29) is 12.1 Å². The zero-order chi connectivity index (χ0) is 14.4. The molecule has 1 heterocycles. The Hall–Kier alpha value is -1.87. The summed E-state index contributed by atoms with van der Waals surface area (Å²) in [6, 6.07) is 12.5. The summed E-state index contributed by atoms with van der Waals surface area (Å²) >= 11 is 0. The predicted molar refractivity (Wildman–Crippen MR) is 81.7 cm³/mol. The zero-order valence-electron chi connectivity index (χ0n) is 12.3. The quantitative estimate of drug-likeness (QED) is 0.868. The smallest absolute Gasteiger partial charge is 0.120 e. The van der Waals surface area contributed by atoms with Crippen molar-refractivity contribution >= 4 is 0 Å². The molecule has 1 N–H and O–H groups in total. The van der Waals surface area contributed by atoms with Gasteiger partial charge in [0.1, 0.15) is 5.75 Å². The lowest BCUT2D eigenvalue weighted by Gasteiger charge is -2.15. The van der Waals surface area contributed by atoms with Crippen molar-refractivity contribution in [1.29, 1.82) is 0 Å². The van der Waals surface area contributed by atoms with Crippen LogP contribution in [0, 0.1) is 0 Å². The van der Waals surface area contributed by atoms with Crippen LogP contribution in [0.3, 0.4) is 0 Å². The van der Waals surface area contributed by atoms with Gasteiger partial charge in [0.05, 0.1) is 6.10 Å². The number of benzene rings is 1. The van der Waals surface area contributed by atoms with Crippen LogP contribution < -0.4 is 10.1 Å². The minimum atomic E-state index is 0.201. The minimum absolute atomic E-state index is 0.201. The Labute approximate surface area is 121 Å². The SMILES string of the molecule is CC(C)Oc1cccc(CN[C@H](C)c2cccnc2)c1. The Kier molecular flexibility index (Phi) is 5.13. The van der Waals surface area contributed by atoms with Crippen LogP contribution in [0.15, 0.2) is 48.8 Å². The van der Waals surface area contributed by atoms with Crippen LogP contribution in [-0.2, 0) is 6.54 Å². The number of ether oxygens (including phenoxy) is 1.